The molecule has 3 aromatic carbocycles. The van der Waals surface area contributed by atoms with E-state index in [9.17, 15) is 29.0 Å². The van der Waals surface area contributed by atoms with E-state index in [-0.39, 0.29) is 137 Å². The Morgan fingerprint density at radius 2 is 1.81 bits per heavy atom. The molecule has 2 N–H and O–H groups in total. The maximum atomic E-state index is 17.4. The van der Waals surface area contributed by atoms with Crippen molar-refractivity contribution in [3.8, 4) is 46.7 Å². The molecular formula is C58H51F4N9O7. The van der Waals surface area contributed by atoms with E-state index in [1.165, 1.54) is 41.1 Å². The maximum Gasteiger partial charge on any atom is 0.343 e. The second kappa shape index (κ2) is 18.0. The Morgan fingerprint density at radius 1 is 1.01 bits per heavy atom. The Balaban J connectivity index is 0.774. The summed E-state index contributed by atoms with van der Waals surface area (Å²) in [7, 11) is 1.66. The first kappa shape index (κ1) is 49.4. The zero-order chi connectivity index (χ0) is 54.3. The number of phenols is 1. The van der Waals surface area contributed by atoms with Gasteiger partial charge in [-0.2, -0.15) is 9.97 Å². The fraction of sp³-hybridized carbons (Fsp3) is 0.362. The first-order valence-corrected chi connectivity index (χ1v) is 26.0. The minimum absolute atomic E-state index is 0.00476. The number of hydrogen-bond acceptors (Lipinski definition) is 14. The van der Waals surface area contributed by atoms with Crippen molar-refractivity contribution in [2.75, 3.05) is 56.2 Å². The topological polar surface area (TPSA) is 180 Å². The van der Waals surface area contributed by atoms with Gasteiger partial charge in [-0.3, -0.25) is 19.5 Å². The minimum atomic E-state index is -1.99. The lowest BCUT2D eigenvalue weighted by molar-refractivity contribution is -0.172. The van der Waals surface area contributed by atoms with Crippen molar-refractivity contribution < 1.29 is 46.8 Å². The lowest BCUT2D eigenvalue weighted by Crippen LogP contribution is -2.56. The van der Waals surface area contributed by atoms with E-state index < -0.39 is 46.3 Å². The van der Waals surface area contributed by atoms with Gasteiger partial charge < -0.3 is 39.0 Å². The number of halogens is 4. The number of aliphatic hydroxyl groups is 1. The fourth-order valence-electron chi connectivity index (χ4n) is 13.2. The van der Waals surface area contributed by atoms with Gasteiger partial charge in [0.2, 0.25) is 0 Å². The Bertz CT molecular complexity index is 3910. The van der Waals surface area contributed by atoms with Crippen LogP contribution in [0, 0.1) is 29.8 Å². The second-order valence-electron chi connectivity index (χ2n) is 21.6. The smallest absolute Gasteiger partial charge is 0.343 e. The highest BCUT2D eigenvalue weighted by molar-refractivity contribution is 6.03. The molecule has 16 nitrogen and oxygen atoms in total. The molecule has 0 spiro atoms. The molecule has 7 aromatic rings. The highest BCUT2D eigenvalue weighted by Crippen LogP contribution is 2.44. The number of phenolic OH excluding ortho intramolecular Hbond substituents is 1. The number of rotatable bonds is 10. The summed E-state index contributed by atoms with van der Waals surface area (Å²) in [5, 5.41) is 23.4. The van der Waals surface area contributed by atoms with E-state index in [0.29, 0.717) is 64.9 Å². The first-order valence-electron chi connectivity index (χ1n) is 26.0. The number of anilines is 2. The van der Waals surface area contributed by atoms with Crippen molar-refractivity contribution in [3.05, 3.63) is 117 Å². The Labute approximate surface area is 443 Å². The number of aromatic hydroxyl groups is 1. The average Bonchev–Trinajstić information content (AvgIpc) is 4.32. The van der Waals surface area contributed by atoms with Gasteiger partial charge in [0.1, 0.15) is 53.8 Å². The van der Waals surface area contributed by atoms with Crippen molar-refractivity contribution in [2.24, 2.45) is 0 Å². The van der Waals surface area contributed by atoms with Gasteiger partial charge in [-0.25, -0.2) is 27.3 Å². The van der Waals surface area contributed by atoms with Crippen molar-refractivity contribution in [1.82, 2.24) is 34.3 Å². The monoisotopic (exact) mass is 1060 g/mol. The van der Waals surface area contributed by atoms with Crippen molar-refractivity contribution >= 4 is 56.0 Å². The highest BCUT2D eigenvalue weighted by atomic mass is 19.1. The molecule has 10 heterocycles. The number of esters is 1. The number of ether oxygens (including phenoxy) is 2. The standard InChI is InChI=1S/C58H51F4N9O7/c1-5-37-42(60)11-8-30-15-36(72)17-38(47(30)37)50-48(62)51-39(21-63-50)52(66-56(65-51)78-28-57-12-7-13-69(57)24-33(59)20-57)68-25-34-9-10-35(26-68)71(34)53(73)29(3)22-67(4)45-16-31-14-32-23-70-46(49(32)64-44(31)19-43(45)61)18-41-40(54(70)74)27-77-55(75)58(41,76)6-2/h1,8,11,14-19,21,33-35,72,76H,3,6-7,9-10,12-13,20,22-28H2,2,4H3. The van der Waals surface area contributed by atoms with Crippen LogP contribution in [-0.4, -0.2) is 127 Å². The summed E-state index contributed by atoms with van der Waals surface area (Å²) in [6, 6.07) is 10.8. The summed E-state index contributed by atoms with van der Waals surface area (Å²) >= 11 is 0. The number of carbonyl (C=O) groups excluding carboxylic acids is 2. The maximum absolute atomic E-state index is 17.4. The van der Waals surface area contributed by atoms with Gasteiger partial charge in [0.05, 0.1) is 63.3 Å². The number of fused-ring (bicyclic) bond motifs is 10. The lowest BCUT2D eigenvalue weighted by atomic mass is 9.86. The predicted molar refractivity (Wildman–Crippen MR) is 281 cm³/mol. The summed E-state index contributed by atoms with van der Waals surface area (Å²) in [5.74, 6) is -0.895. The van der Waals surface area contributed by atoms with Crippen LogP contribution >= 0.6 is 0 Å². The van der Waals surface area contributed by atoms with Crippen LogP contribution in [0.4, 0.5) is 29.1 Å². The molecule has 4 saturated heterocycles. The van der Waals surface area contributed by atoms with E-state index in [4.69, 9.17) is 25.9 Å². The summed E-state index contributed by atoms with van der Waals surface area (Å²) in [5.41, 5.74) is -0.830. The molecule has 13 rings (SSSR count). The highest BCUT2D eigenvalue weighted by Gasteiger charge is 2.50. The van der Waals surface area contributed by atoms with Crippen LogP contribution in [0.3, 0.4) is 0 Å². The molecular weight excluding hydrogens is 1010 g/mol. The number of aromatic nitrogens is 5. The molecule has 4 aromatic heterocycles. The number of cyclic esters (lactones) is 1. The van der Waals surface area contributed by atoms with Crippen LogP contribution in [0.2, 0.25) is 0 Å². The van der Waals surface area contributed by atoms with E-state index in [2.05, 4.69) is 27.4 Å². The van der Waals surface area contributed by atoms with E-state index in [0.717, 1.165) is 13.0 Å². The van der Waals surface area contributed by atoms with Crippen molar-refractivity contribution in [3.63, 3.8) is 0 Å². The molecule has 0 saturated carbocycles. The Kier molecular flexibility index (Phi) is 11.4. The molecule has 4 fully saturated rings. The average molecular weight is 1060 g/mol. The van der Waals surface area contributed by atoms with Gasteiger partial charge in [-0.15, -0.1) is 6.42 Å². The number of hydrogen-bond donors (Lipinski definition) is 2. The molecule has 0 radical (unpaired) electrons. The van der Waals surface area contributed by atoms with E-state index >= 15 is 13.2 Å². The molecule has 2 bridgehead atoms. The third kappa shape index (κ3) is 7.52. The van der Waals surface area contributed by atoms with Gasteiger partial charge in [-0.1, -0.05) is 25.5 Å². The molecule has 5 unspecified atom stereocenters. The van der Waals surface area contributed by atoms with Gasteiger partial charge in [0.25, 0.3) is 11.5 Å². The van der Waals surface area contributed by atoms with Crippen LogP contribution in [0.25, 0.3) is 55.2 Å². The molecule has 6 aliphatic rings. The third-order valence-corrected chi connectivity index (χ3v) is 17.1. The molecule has 1 amide bonds. The number of benzene rings is 3. The molecule has 78 heavy (non-hydrogen) atoms. The van der Waals surface area contributed by atoms with Gasteiger partial charge in [0.15, 0.2) is 11.4 Å². The van der Waals surface area contributed by atoms with E-state index in [1.54, 1.807) is 31.0 Å². The zero-order valence-electron chi connectivity index (χ0n) is 42.6. The molecule has 0 aliphatic carbocycles. The number of nitrogens with zero attached hydrogens (tertiary/aromatic N) is 9. The first-order chi connectivity index (χ1) is 37.5. The predicted octanol–water partition coefficient (Wildman–Crippen LogP) is 7.17. The summed E-state index contributed by atoms with van der Waals surface area (Å²) < 4.78 is 76.7. The van der Waals surface area contributed by atoms with Crippen molar-refractivity contribution in [2.45, 2.75) is 88.0 Å². The van der Waals surface area contributed by atoms with Crippen LogP contribution in [0.15, 0.2) is 71.7 Å². The number of terminal acetylenes is 1. The third-order valence-electron chi connectivity index (χ3n) is 17.1. The number of likely N-dealkylation sites (N-methyl/N-ethyl adjacent to an activating group) is 1. The van der Waals surface area contributed by atoms with Crippen LogP contribution < -0.4 is 20.1 Å². The molecule has 20 heteroatoms. The van der Waals surface area contributed by atoms with Crippen LogP contribution in [-0.2, 0) is 33.1 Å². The quantitative estimate of drug-likeness (QED) is 0.0610. The van der Waals surface area contributed by atoms with Crippen LogP contribution in [0.1, 0.15) is 67.7 Å². The van der Waals surface area contributed by atoms with Gasteiger partial charge in [0, 0.05) is 84.9 Å². The molecule has 5 atom stereocenters. The summed E-state index contributed by atoms with van der Waals surface area (Å²) in [6.07, 6.45) is 9.31. The van der Waals surface area contributed by atoms with Crippen molar-refractivity contribution in [1.29, 1.82) is 0 Å². The Morgan fingerprint density at radius 3 is 2.58 bits per heavy atom. The SMILES string of the molecule is C#Cc1c(F)ccc2cc(O)cc(-c3ncc4c(N5CC6CCC(C5)N6C(=O)C(=C)CN(C)c5cc6cc7c(nc6cc5F)-c5cc6c(c(=O)n5C7)COC(=O)C6(O)CC)nc(OCC56CCCN5CC(F)C6)nc4c3F)c12. The molecule has 6 aliphatic heterocycles. The summed E-state index contributed by atoms with van der Waals surface area (Å²) in [4.78, 5) is 67.1. The normalized spacial score (nSPS) is 23.1. The van der Waals surface area contributed by atoms with Crippen LogP contribution in [0.5, 0.6) is 11.8 Å². The fourth-order valence-corrected chi connectivity index (χ4v) is 13.2. The Hall–Kier alpha value is -8.15. The zero-order valence-corrected chi connectivity index (χ0v) is 42.6. The number of alkyl halides is 1. The number of amides is 1. The largest absolute Gasteiger partial charge is 0.508 e. The summed E-state index contributed by atoms with van der Waals surface area (Å²) in [6.45, 7) is 7.34. The van der Waals surface area contributed by atoms with Gasteiger partial charge in [-0.05, 0) is 80.4 Å². The molecule has 398 valence electrons. The number of pyridine rings is 3. The number of piperazine rings is 1. The van der Waals surface area contributed by atoms with E-state index in [1.807, 2.05) is 15.9 Å². The van der Waals surface area contributed by atoms with Gasteiger partial charge >= 0.3 is 12.0 Å². The second-order valence-corrected chi connectivity index (χ2v) is 21.6. The lowest BCUT2D eigenvalue weighted by Gasteiger charge is -2.42. The number of carbonyl (C=O) groups is 2. The minimum Gasteiger partial charge on any atom is -0.508 e.